The Morgan fingerprint density at radius 2 is 1.91 bits per heavy atom. The van der Waals surface area contributed by atoms with E-state index in [0.717, 1.165) is 28.2 Å². The van der Waals surface area contributed by atoms with Gasteiger partial charge in [0.25, 0.3) is 0 Å². The average molecular weight is 288 g/mol. The first-order valence-corrected chi connectivity index (χ1v) is 6.83. The summed E-state index contributed by atoms with van der Waals surface area (Å²) in [6, 6.07) is 11.4. The Morgan fingerprint density at radius 1 is 0.909 bits per heavy atom. The Kier molecular flexibility index (Phi) is 2.97. The zero-order valence-electron chi connectivity index (χ0n) is 11.6. The third-order valence-electron chi connectivity index (χ3n) is 3.22. The third kappa shape index (κ3) is 2.37. The Hall–Kier alpha value is -3.28. The maximum Gasteiger partial charge on any atom is 0.140 e. The van der Waals surface area contributed by atoms with Crippen molar-refractivity contribution in [3.63, 3.8) is 0 Å². The van der Waals surface area contributed by atoms with Crippen LogP contribution in [0.3, 0.4) is 0 Å². The van der Waals surface area contributed by atoms with Crippen molar-refractivity contribution >= 4 is 22.7 Å². The number of imidazole rings is 1. The molecule has 0 spiro atoms. The topological polar surface area (TPSA) is 79.4 Å². The van der Waals surface area contributed by atoms with Crippen LogP contribution in [0.2, 0.25) is 0 Å². The van der Waals surface area contributed by atoms with Crippen LogP contribution in [0.1, 0.15) is 0 Å². The monoisotopic (exact) mass is 288 g/mol. The molecule has 4 aromatic rings. The van der Waals surface area contributed by atoms with E-state index >= 15 is 0 Å². The molecule has 0 unspecified atom stereocenters. The first kappa shape index (κ1) is 12.5. The molecule has 0 saturated heterocycles. The highest BCUT2D eigenvalue weighted by molar-refractivity contribution is 5.81. The number of H-pyrrole nitrogens is 1. The van der Waals surface area contributed by atoms with Crippen LogP contribution < -0.4 is 5.32 Å². The predicted octanol–water partition coefficient (Wildman–Crippen LogP) is 3.16. The summed E-state index contributed by atoms with van der Waals surface area (Å²) < 4.78 is 0. The molecule has 0 aliphatic heterocycles. The van der Waals surface area contributed by atoms with Crippen molar-refractivity contribution in [2.24, 2.45) is 0 Å². The Bertz CT molecular complexity index is 902. The van der Waals surface area contributed by atoms with Crippen molar-refractivity contribution in [3.05, 3.63) is 61.2 Å². The quantitative estimate of drug-likeness (QED) is 0.605. The molecule has 4 rings (SSSR count). The van der Waals surface area contributed by atoms with Crippen molar-refractivity contribution in [2.75, 3.05) is 5.32 Å². The van der Waals surface area contributed by atoms with E-state index in [1.54, 1.807) is 24.8 Å². The Balaban J connectivity index is 1.69. The summed E-state index contributed by atoms with van der Waals surface area (Å²) in [6.07, 6.45) is 7.00. The fourth-order valence-electron chi connectivity index (χ4n) is 2.19. The molecule has 22 heavy (non-hydrogen) atoms. The molecule has 6 heteroatoms. The fourth-order valence-corrected chi connectivity index (χ4v) is 2.19. The van der Waals surface area contributed by atoms with Gasteiger partial charge in [-0.3, -0.25) is 4.98 Å². The van der Waals surface area contributed by atoms with Crippen molar-refractivity contribution in [1.29, 1.82) is 0 Å². The lowest BCUT2D eigenvalue weighted by Crippen LogP contribution is -1.94. The number of nitrogens with zero attached hydrogens (tertiary/aromatic N) is 4. The van der Waals surface area contributed by atoms with Gasteiger partial charge < -0.3 is 10.3 Å². The van der Waals surface area contributed by atoms with Crippen LogP contribution in [0.15, 0.2) is 61.2 Å². The molecule has 0 radical (unpaired) electrons. The third-order valence-corrected chi connectivity index (χ3v) is 3.22. The van der Waals surface area contributed by atoms with E-state index in [1.807, 2.05) is 36.4 Å². The summed E-state index contributed by atoms with van der Waals surface area (Å²) in [4.78, 5) is 20.5. The maximum atomic E-state index is 4.59. The molecule has 0 aliphatic rings. The molecule has 0 amide bonds. The molecule has 0 fully saturated rings. The zero-order valence-corrected chi connectivity index (χ0v) is 11.6. The SMILES string of the molecule is c1ccc(Nc2cc3nc(-c4cccnc4)[nH]c3cn2)nc1. The van der Waals surface area contributed by atoms with Crippen LogP contribution in [0.25, 0.3) is 22.4 Å². The van der Waals surface area contributed by atoms with Crippen molar-refractivity contribution in [2.45, 2.75) is 0 Å². The molecule has 0 aromatic carbocycles. The number of aromatic nitrogens is 5. The zero-order chi connectivity index (χ0) is 14.8. The number of hydrogen-bond acceptors (Lipinski definition) is 5. The largest absolute Gasteiger partial charge is 0.337 e. The fraction of sp³-hybridized carbons (Fsp3) is 0. The smallest absolute Gasteiger partial charge is 0.140 e. The van der Waals surface area contributed by atoms with Gasteiger partial charge in [-0.2, -0.15) is 0 Å². The second kappa shape index (κ2) is 5.25. The van der Waals surface area contributed by atoms with E-state index in [4.69, 9.17) is 0 Å². The summed E-state index contributed by atoms with van der Waals surface area (Å²) in [5.74, 6) is 2.23. The van der Waals surface area contributed by atoms with Gasteiger partial charge in [0.05, 0.1) is 17.2 Å². The van der Waals surface area contributed by atoms with E-state index < -0.39 is 0 Å². The highest BCUT2D eigenvalue weighted by Crippen LogP contribution is 2.21. The summed E-state index contributed by atoms with van der Waals surface area (Å²) in [6.45, 7) is 0. The number of anilines is 2. The van der Waals surface area contributed by atoms with Gasteiger partial charge in [-0.05, 0) is 24.3 Å². The lowest BCUT2D eigenvalue weighted by Gasteiger charge is -2.03. The second-order valence-electron chi connectivity index (χ2n) is 4.75. The van der Waals surface area contributed by atoms with Crippen molar-refractivity contribution in [1.82, 2.24) is 24.9 Å². The van der Waals surface area contributed by atoms with Gasteiger partial charge in [-0.15, -0.1) is 0 Å². The number of nitrogens with one attached hydrogen (secondary N) is 2. The van der Waals surface area contributed by atoms with Crippen LogP contribution in [-0.4, -0.2) is 24.9 Å². The minimum Gasteiger partial charge on any atom is -0.337 e. The first-order valence-electron chi connectivity index (χ1n) is 6.83. The average Bonchev–Trinajstić information content (AvgIpc) is 3.00. The van der Waals surface area contributed by atoms with Crippen LogP contribution >= 0.6 is 0 Å². The lowest BCUT2D eigenvalue weighted by molar-refractivity contribution is 1.26. The molecule has 106 valence electrons. The summed E-state index contributed by atoms with van der Waals surface area (Å²) >= 11 is 0. The standard InChI is InChI=1S/C16H12N6/c1-2-7-18-14(5-1)22-15-8-12-13(10-19-15)21-16(20-12)11-4-3-6-17-9-11/h1-10H,(H,20,21)(H,18,19,22). The van der Waals surface area contributed by atoms with Gasteiger partial charge in [0.2, 0.25) is 0 Å². The number of pyridine rings is 3. The Labute approximate surface area is 126 Å². The van der Waals surface area contributed by atoms with Gasteiger partial charge in [0.1, 0.15) is 17.5 Å². The Morgan fingerprint density at radius 3 is 2.73 bits per heavy atom. The number of aromatic amines is 1. The summed E-state index contributed by atoms with van der Waals surface area (Å²) in [5.41, 5.74) is 2.66. The van der Waals surface area contributed by atoms with E-state index in [2.05, 4.69) is 30.2 Å². The van der Waals surface area contributed by atoms with Crippen LogP contribution in [-0.2, 0) is 0 Å². The normalized spacial score (nSPS) is 10.7. The molecule has 4 aromatic heterocycles. The van der Waals surface area contributed by atoms with Gasteiger partial charge >= 0.3 is 0 Å². The van der Waals surface area contributed by atoms with E-state index in [9.17, 15) is 0 Å². The van der Waals surface area contributed by atoms with Gasteiger partial charge in [0, 0.05) is 30.2 Å². The lowest BCUT2D eigenvalue weighted by atomic mass is 10.3. The van der Waals surface area contributed by atoms with E-state index in [1.165, 1.54) is 0 Å². The molecule has 0 bridgehead atoms. The molecule has 0 saturated carbocycles. The van der Waals surface area contributed by atoms with Gasteiger partial charge in [-0.1, -0.05) is 6.07 Å². The molecule has 2 N–H and O–H groups in total. The first-order chi connectivity index (χ1) is 10.9. The molecule has 0 aliphatic carbocycles. The van der Waals surface area contributed by atoms with Gasteiger partial charge in [-0.25, -0.2) is 15.0 Å². The molecule has 0 atom stereocenters. The molecule has 4 heterocycles. The van der Waals surface area contributed by atoms with E-state index in [0.29, 0.717) is 5.82 Å². The van der Waals surface area contributed by atoms with Crippen molar-refractivity contribution in [3.8, 4) is 11.4 Å². The molecular formula is C16H12N6. The van der Waals surface area contributed by atoms with Gasteiger partial charge in [0.15, 0.2) is 0 Å². The highest BCUT2D eigenvalue weighted by atomic mass is 15.1. The summed E-state index contributed by atoms with van der Waals surface area (Å²) in [5, 5.41) is 3.16. The van der Waals surface area contributed by atoms with Crippen LogP contribution in [0, 0.1) is 0 Å². The predicted molar refractivity (Wildman–Crippen MR) is 84.6 cm³/mol. The molecular weight excluding hydrogens is 276 g/mol. The number of fused-ring (bicyclic) bond motifs is 1. The van der Waals surface area contributed by atoms with Crippen LogP contribution in [0.4, 0.5) is 11.6 Å². The minimum atomic E-state index is 0.704. The van der Waals surface area contributed by atoms with Crippen molar-refractivity contribution < 1.29 is 0 Å². The van der Waals surface area contributed by atoms with E-state index in [-0.39, 0.29) is 0 Å². The minimum absolute atomic E-state index is 0.704. The number of hydrogen-bond donors (Lipinski definition) is 2. The highest BCUT2D eigenvalue weighted by Gasteiger charge is 2.07. The second-order valence-corrected chi connectivity index (χ2v) is 4.75. The number of rotatable bonds is 3. The van der Waals surface area contributed by atoms with Crippen LogP contribution in [0.5, 0.6) is 0 Å². The summed E-state index contributed by atoms with van der Waals surface area (Å²) in [7, 11) is 0. The maximum absolute atomic E-state index is 4.59. The molecule has 6 nitrogen and oxygen atoms in total.